The minimum absolute atomic E-state index is 0.914. The second kappa shape index (κ2) is 7.98. The first-order chi connectivity index (χ1) is 9.40. The molecule has 0 amide bonds. The Morgan fingerprint density at radius 1 is 1.00 bits per heavy atom. The van der Waals surface area contributed by atoms with E-state index in [1.165, 1.54) is 56.8 Å². The smallest absolute Gasteiger partial charge is 0.152 e. The Morgan fingerprint density at radius 2 is 1.74 bits per heavy atom. The number of fused-ring (bicyclic) bond motifs is 1. The standard InChI is InChI=1S/C17H25NO/c1-2-3-4-5-6-7-8-9-10-16-13-15-11-12-18-14-17(15)19-16/h11-14H,2-10H2,1H3. The van der Waals surface area contributed by atoms with Gasteiger partial charge in [-0.1, -0.05) is 51.9 Å². The maximum Gasteiger partial charge on any atom is 0.152 e. The largest absolute Gasteiger partial charge is 0.459 e. The zero-order valence-corrected chi connectivity index (χ0v) is 12.0. The number of aryl methyl sites for hydroxylation is 1. The normalized spacial score (nSPS) is 11.2. The monoisotopic (exact) mass is 259 g/mol. The number of aromatic nitrogens is 1. The van der Waals surface area contributed by atoms with Gasteiger partial charge in [-0.25, -0.2) is 0 Å². The second-order valence-electron chi connectivity index (χ2n) is 5.35. The first-order valence-electron chi connectivity index (χ1n) is 7.72. The van der Waals surface area contributed by atoms with Crippen LogP contribution in [0.15, 0.2) is 28.9 Å². The number of furan rings is 1. The van der Waals surface area contributed by atoms with Crippen molar-refractivity contribution in [3.05, 3.63) is 30.3 Å². The van der Waals surface area contributed by atoms with E-state index >= 15 is 0 Å². The molecule has 19 heavy (non-hydrogen) atoms. The molecule has 2 nitrogen and oxygen atoms in total. The summed E-state index contributed by atoms with van der Waals surface area (Å²) in [5, 5.41) is 1.17. The topological polar surface area (TPSA) is 26.0 Å². The Hall–Kier alpha value is -1.31. The van der Waals surface area contributed by atoms with Gasteiger partial charge in [0.05, 0.1) is 6.20 Å². The van der Waals surface area contributed by atoms with Crippen molar-refractivity contribution in [2.45, 2.75) is 64.7 Å². The minimum atomic E-state index is 0.914. The number of unbranched alkanes of at least 4 members (excludes halogenated alkanes) is 7. The molecule has 2 aromatic heterocycles. The van der Waals surface area contributed by atoms with Crippen LogP contribution in [0.4, 0.5) is 0 Å². The van der Waals surface area contributed by atoms with Gasteiger partial charge >= 0.3 is 0 Å². The fraction of sp³-hybridized carbons (Fsp3) is 0.588. The van der Waals surface area contributed by atoms with E-state index in [2.05, 4.69) is 18.0 Å². The lowest BCUT2D eigenvalue weighted by Crippen LogP contribution is -1.84. The Bertz CT molecular complexity index is 442. The third-order valence-electron chi connectivity index (χ3n) is 3.65. The van der Waals surface area contributed by atoms with Crippen molar-refractivity contribution < 1.29 is 4.42 Å². The molecule has 0 saturated carbocycles. The number of nitrogens with zero attached hydrogens (tertiary/aromatic N) is 1. The van der Waals surface area contributed by atoms with Crippen molar-refractivity contribution in [2.75, 3.05) is 0 Å². The molecule has 104 valence electrons. The van der Waals surface area contributed by atoms with Gasteiger partial charge < -0.3 is 4.42 Å². The Balaban J connectivity index is 1.60. The van der Waals surface area contributed by atoms with E-state index in [1.807, 2.05) is 12.3 Å². The highest BCUT2D eigenvalue weighted by Gasteiger charge is 2.02. The molecule has 0 saturated heterocycles. The molecule has 0 N–H and O–H groups in total. The van der Waals surface area contributed by atoms with Gasteiger partial charge in [0.25, 0.3) is 0 Å². The first kappa shape index (κ1) is 14.1. The molecule has 0 aliphatic carbocycles. The maximum absolute atomic E-state index is 5.77. The summed E-state index contributed by atoms with van der Waals surface area (Å²) in [6.07, 6.45) is 15.5. The Labute approximate surface area is 116 Å². The number of hydrogen-bond acceptors (Lipinski definition) is 2. The summed E-state index contributed by atoms with van der Waals surface area (Å²) in [7, 11) is 0. The fourth-order valence-electron chi connectivity index (χ4n) is 2.50. The molecular formula is C17H25NO. The number of hydrogen-bond donors (Lipinski definition) is 0. The van der Waals surface area contributed by atoms with Crippen LogP contribution in [0.1, 0.15) is 64.1 Å². The van der Waals surface area contributed by atoms with Gasteiger partial charge in [-0.2, -0.15) is 0 Å². The molecule has 2 heterocycles. The van der Waals surface area contributed by atoms with Crippen LogP contribution >= 0.6 is 0 Å². The van der Waals surface area contributed by atoms with Crippen molar-refractivity contribution >= 4 is 11.0 Å². The van der Waals surface area contributed by atoms with E-state index in [4.69, 9.17) is 4.42 Å². The van der Waals surface area contributed by atoms with E-state index in [0.29, 0.717) is 0 Å². The lowest BCUT2D eigenvalue weighted by Gasteiger charge is -2.00. The van der Waals surface area contributed by atoms with Gasteiger partial charge in [0.15, 0.2) is 5.58 Å². The highest BCUT2D eigenvalue weighted by atomic mass is 16.3. The van der Waals surface area contributed by atoms with Crippen LogP contribution in [0.2, 0.25) is 0 Å². The number of rotatable bonds is 9. The van der Waals surface area contributed by atoms with Crippen molar-refractivity contribution in [3.8, 4) is 0 Å². The quantitative estimate of drug-likeness (QED) is 0.555. The van der Waals surface area contributed by atoms with Crippen molar-refractivity contribution in [3.63, 3.8) is 0 Å². The molecule has 0 bridgehead atoms. The average Bonchev–Trinajstić information content (AvgIpc) is 2.84. The summed E-state index contributed by atoms with van der Waals surface area (Å²) in [6.45, 7) is 2.27. The Morgan fingerprint density at radius 3 is 2.47 bits per heavy atom. The third-order valence-corrected chi connectivity index (χ3v) is 3.65. The van der Waals surface area contributed by atoms with Crippen molar-refractivity contribution in [1.29, 1.82) is 0 Å². The van der Waals surface area contributed by atoms with Crippen molar-refractivity contribution in [1.82, 2.24) is 4.98 Å². The van der Waals surface area contributed by atoms with Crippen LogP contribution in [0, 0.1) is 0 Å². The molecule has 0 radical (unpaired) electrons. The number of pyridine rings is 1. The molecule has 0 aliphatic heterocycles. The summed E-state index contributed by atoms with van der Waals surface area (Å²) < 4.78 is 5.77. The molecule has 0 aliphatic rings. The third kappa shape index (κ3) is 4.70. The molecule has 2 rings (SSSR count). The fourth-order valence-corrected chi connectivity index (χ4v) is 2.50. The van der Waals surface area contributed by atoms with Gasteiger partial charge in [0.2, 0.25) is 0 Å². The zero-order chi connectivity index (χ0) is 13.3. The lowest BCUT2D eigenvalue weighted by atomic mass is 10.1. The summed E-state index contributed by atoms with van der Waals surface area (Å²) in [5.41, 5.74) is 0.914. The van der Waals surface area contributed by atoms with E-state index in [-0.39, 0.29) is 0 Å². The van der Waals surface area contributed by atoms with Crippen LogP contribution in [0.3, 0.4) is 0 Å². The predicted molar refractivity (Wildman–Crippen MR) is 80.3 cm³/mol. The maximum atomic E-state index is 5.77. The predicted octanol–water partition coefficient (Wildman–Crippen LogP) is 5.51. The SMILES string of the molecule is CCCCCCCCCCc1cc2ccncc2o1. The Kier molecular flexibility index (Phi) is 5.93. The molecular weight excluding hydrogens is 234 g/mol. The van der Waals surface area contributed by atoms with Gasteiger partial charge in [-0.05, 0) is 18.6 Å². The van der Waals surface area contributed by atoms with E-state index in [9.17, 15) is 0 Å². The first-order valence-corrected chi connectivity index (χ1v) is 7.72. The summed E-state index contributed by atoms with van der Waals surface area (Å²) in [5.74, 6) is 1.11. The minimum Gasteiger partial charge on any atom is -0.459 e. The molecule has 0 atom stereocenters. The van der Waals surface area contributed by atoms with Crippen LogP contribution in [-0.4, -0.2) is 4.98 Å². The summed E-state index contributed by atoms with van der Waals surface area (Å²) in [6, 6.07) is 4.16. The molecule has 2 aromatic rings. The second-order valence-corrected chi connectivity index (χ2v) is 5.35. The molecule has 2 heteroatoms. The molecule has 0 fully saturated rings. The van der Waals surface area contributed by atoms with Crippen LogP contribution in [-0.2, 0) is 6.42 Å². The van der Waals surface area contributed by atoms with Crippen LogP contribution in [0.25, 0.3) is 11.0 Å². The van der Waals surface area contributed by atoms with Gasteiger partial charge in [0.1, 0.15) is 5.76 Å². The lowest BCUT2D eigenvalue weighted by molar-refractivity contribution is 0.517. The van der Waals surface area contributed by atoms with Crippen LogP contribution in [0.5, 0.6) is 0 Å². The van der Waals surface area contributed by atoms with E-state index in [0.717, 1.165) is 17.8 Å². The molecule has 0 unspecified atom stereocenters. The molecule has 0 spiro atoms. The highest BCUT2D eigenvalue weighted by molar-refractivity contribution is 5.76. The van der Waals surface area contributed by atoms with E-state index in [1.54, 1.807) is 6.20 Å². The zero-order valence-electron chi connectivity index (χ0n) is 12.0. The van der Waals surface area contributed by atoms with Crippen molar-refractivity contribution in [2.24, 2.45) is 0 Å². The average molecular weight is 259 g/mol. The summed E-state index contributed by atoms with van der Waals surface area (Å²) >= 11 is 0. The molecule has 0 aromatic carbocycles. The summed E-state index contributed by atoms with van der Waals surface area (Å²) in [4.78, 5) is 4.08. The van der Waals surface area contributed by atoms with Gasteiger partial charge in [-0.3, -0.25) is 4.98 Å². The van der Waals surface area contributed by atoms with E-state index < -0.39 is 0 Å². The van der Waals surface area contributed by atoms with Crippen LogP contribution < -0.4 is 0 Å². The van der Waals surface area contributed by atoms with Gasteiger partial charge in [-0.15, -0.1) is 0 Å². The highest BCUT2D eigenvalue weighted by Crippen LogP contribution is 2.19. The van der Waals surface area contributed by atoms with Gasteiger partial charge in [0, 0.05) is 18.0 Å².